The van der Waals surface area contributed by atoms with Gasteiger partial charge >= 0.3 is 0 Å². The molecule has 0 aromatic heterocycles. The highest BCUT2D eigenvalue weighted by molar-refractivity contribution is 5.40. The van der Waals surface area contributed by atoms with Crippen LogP contribution in [-0.4, -0.2) is 5.11 Å². The second-order valence-corrected chi connectivity index (χ2v) is 4.63. The molecule has 0 aliphatic heterocycles. The van der Waals surface area contributed by atoms with Crippen molar-refractivity contribution in [3.05, 3.63) is 58.7 Å². The van der Waals surface area contributed by atoms with Crippen LogP contribution in [-0.2, 0) is 0 Å². The predicted octanol–water partition coefficient (Wildman–Crippen LogP) is 3.47. The first kappa shape index (κ1) is 11.2. The van der Waals surface area contributed by atoms with Gasteiger partial charge in [-0.15, -0.1) is 0 Å². The van der Waals surface area contributed by atoms with Crippen molar-refractivity contribution in [3.63, 3.8) is 0 Å². The summed E-state index contributed by atoms with van der Waals surface area (Å²) in [5, 5.41) is 10.2. The van der Waals surface area contributed by atoms with E-state index in [0.29, 0.717) is 5.92 Å². The summed E-state index contributed by atoms with van der Waals surface area (Å²) in [6.07, 6.45) is 5.75. The Morgan fingerprint density at radius 2 is 1.94 bits per heavy atom. The average molecular weight is 214 g/mol. The molecular formula is C15H18O. The molecule has 1 nitrogen and oxygen atoms in total. The molecule has 2 unspecified atom stereocenters. The van der Waals surface area contributed by atoms with E-state index in [-0.39, 0.29) is 0 Å². The maximum Gasteiger partial charge on any atom is 0.104 e. The van der Waals surface area contributed by atoms with Crippen molar-refractivity contribution >= 4 is 0 Å². The van der Waals surface area contributed by atoms with Gasteiger partial charge in [-0.25, -0.2) is 0 Å². The van der Waals surface area contributed by atoms with E-state index >= 15 is 0 Å². The van der Waals surface area contributed by atoms with Crippen LogP contribution in [0.3, 0.4) is 0 Å². The largest absolute Gasteiger partial charge is 0.384 e. The predicted molar refractivity (Wildman–Crippen MR) is 67.3 cm³/mol. The Morgan fingerprint density at radius 3 is 2.50 bits per heavy atom. The monoisotopic (exact) mass is 214 g/mol. The van der Waals surface area contributed by atoms with E-state index in [9.17, 15) is 5.11 Å². The van der Waals surface area contributed by atoms with Crippen LogP contribution in [0.15, 0.2) is 42.0 Å². The zero-order chi connectivity index (χ0) is 11.7. The lowest BCUT2D eigenvalue weighted by Gasteiger charge is -2.13. The van der Waals surface area contributed by atoms with Gasteiger partial charge in [-0.2, -0.15) is 0 Å². The minimum Gasteiger partial charge on any atom is -0.384 e. The SMILES string of the molecule is Cc1ccc(C(O)C2=CC(C)C=C2)cc1C. The second-order valence-electron chi connectivity index (χ2n) is 4.63. The van der Waals surface area contributed by atoms with Crippen LogP contribution < -0.4 is 0 Å². The van der Waals surface area contributed by atoms with Crippen LogP contribution in [0.25, 0.3) is 0 Å². The summed E-state index contributed by atoms with van der Waals surface area (Å²) < 4.78 is 0. The number of rotatable bonds is 2. The minimum atomic E-state index is -0.486. The van der Waals surface area contributed by atoms with Crippen LogP contribution >= 0.6 is 0 Å². The van der Waals surface area contributed by atoms with E-state index in [1.807, 2.05) is 12.1 Å². The van der Waals surface area contributed by atoms with Gasteiger partial charge in [0.15, 0.2) is 0 Å². The molecule has 0 saturated carbocycles. The summed E-state index contributed by atoms with van der Waals surface area (Å²) in [6, 6.07) is 6.14. The number of benzene rings is 1. The Kier molecular flexibility index (Phi) is 2.97. The molecule has 0 fully saturated rings. The van der Waals surface area contributed by atoms with E-state index in [1.165, 1.54) is 11.1 Å². The van der Waals surface area contributed by atoms with Gasteiger partial charge in [0.1, 0.15) is 6.10 Å². The van der Waals surface area contributed by atoms with Crippen LogP contribution in [0.5, 0.6) is 0 Å². The molecule has 0 heterocycles. The van der Waals surface area contributed by atoms with Crippen molar-refractivity contribution < 1.29 is 5.11 Å². The Labute approximate surface area is 97.1 Å². The normalized spacial score (nSPS) is 21.0. The van der Waals surface area contributed by atoms with Crippen molar-refractivity contribution in [1.29, 1.82) is 0 Å². The highest BCUT2D eigenvalue weighted by Gasteiger charge is 2.15. The molecule has 0 amide bonds. The molecule has 2 rings (SSSR count). The number of aliphatic hydroxyl groups is 1. The fourth-order valence-corrected chi connectivity index (χ4v) is 1.99. The van der Waals surface area contributed by atoms with Gasteiger partial charge < -0.3 is 5.11 Å². The molecular weight excluding hydrogens is 196 g/mol. The lowest BCUT2D eigenvalue weighted by molar-refractivity contribution is 0.219. The summed E-state index contributed by atoms with van der Waals surface area (Å²) in [5.74, 6) is 0.441. The standard InChI is InChI=1S/C15H18O/c1-10-4-6-13(8-10)15(16)14-7-5-11(2)12(3)9-14/h4-10,15-16H,1-3H3. The number of aryl methyl sites for hydroxylation is 2. The molecule has 1 N–H and O–H groups in total. The number of hydrogen-bond donors (Lipinski definition) is 1. The first-order chi connectivity index (χ1) is 7.58. The van der Waals surface area contributed by atoms with Crippen molar-refractivity contribution in [3.8, 4) is 0 Å². The molecule has 1 aliphatic carbocycles. The summed E-state index contributed by atoms with van der Waals surface area (Å²) in [4.78, 5) is 0. The van der Waals surface area contributed by atoms with Gasteiger partial charge in [0.2, 0.25) is 0 Å². The van der Waals surface area contributed by atoms with Gasteiger partial charge in [0.25, 0.3) is 0 Å². The molecule has 0 saturated heterocycles. The minimum absolute atomic E-state index is 0.441. The van der Waals surface area contributed by atoms with Crippen molar-refractivity contribution in [1.82, 2.24) is 0 Å². The fraction of sp³-hybridized carbons (Fsp3) is 0.333. The summed E-state index contributed by atoms with van der Waals surface area (Å²) in [5.41, 5.74) is 4.48. The molecule has 1 heteroatoms. The van der Waals surface area contributed by atoms with Gasteiger partial charge in [-0.05, 0) is 42.0 Å². The van der Waals surface area contributed by atoms with Crippen LogP contribution in [0.2, 0.25) is 0 Å². The number of hydrogen-bond acceptors (Lipinski definition) is 1. The third kappa shape index (κ3) is 2.10. The molecule has 16 heavy (non-hydrogen) atoms. The van der Waals surface area contributed by atoms with Gasteiger partial charge in [0, 0.05) is 0 Å². The van der Waals surface area contributed by atoms with E-state index in [4.69, 9.17) is 0 Å². The van der Waals surface area contributed by atoms with Crippen molar-refractivity contribution in [2.45, 2.75) is 26.9 Å². The molecule has 1 aromatic carbocycles. The van der Waals surface area contributed by atoms with Crippen LogP contribution in [0.1, 0.15) is 29.7 Å². The fourth-order valence-electron chi connectivity index (χ4n) is 1.99. The third-order valence-electron chi connectivity index (χ3n) is 3.21. The molecule has 84 valence electrons. The maximum atomic E-state index is 10.2. The molecule has 0 radical (unpaired) electrons. The average Bonchev–Trinajstić information content (AvgIpc) is 2.68. The van der Waals surface area contributed by atoms with Crippen molar-refractivity contribution in [2.24, 2.45) is 5.92 Å². The number of allylic oxidation sites excluding steroid dienone is 2. The molecule has 0 bridgehead atoms. The third-order valence-corrected chi connectivity index (χ3v) is 3.21. The number of aliphatic hydroxyl groups excluding tert-OH is 1. The highest BCUT2D eigenvalue weighted by atomic mass is 16.3. The van der Waals surface area contributed by atoms with Gasteiger partial charge in [0.05, 0.1) is 0 Å². The zero-order valence-corrected chi connectivity index (χ0v) is 10.1. The maximum absolute atomic E-state index is 10.2. The van der Waals surface area contributed by atoms with E-state index in [2.05, 4.69) is 45.1 Å². The first-order valence-corrected chi connectivity index (χ1v) is 5.73. The van der Waals surface area contributed by atoms with E-state index in [1.54, 1.807) is 0 Å². The highest BCUT2D eigenvalue weighted by Crippen LogP contribution is 2.29. The van der Waals surface area contributed by atoms with Gasteiger partial charge in [-0.3, -0.25) is 0 Å². The topological polar surface area (TPSA) is 20.2 Å². The Bertz CT molecular complexity index is 455. The lowest BCUT2D eigenvalue weighted by atomic mass is 9.98. The van der Waals surface area contributed by atoms with Crippen LogP contribution in [0, 0.1) is 19.8 Å². The van der Waals surface area contributed by atoms with Crippen LogP contribution in [0.4, 0.5) is 0 Å². The quantitative estimate of drug-likeness (QED) is 0.799. The van der Waals surface area contributed by atoms with E-state index < -0.39 is 6.10 Å². The Balaban J connectivity index is 2.28. The van der Waals surface area contributed by atoms with Gasteiger partial charge in [-0.1, -0.05) is 43.4 Å². The Morgan fingerprint density at radius 1 is 1.19 bits per heavy atom. The molecule has 1 aliphatic rings. The first-order valence-electron chi connectivity index (χ1n) is 5.73. The van der Waals surface area contributed by atoms with Crippen molar-refractivity contribution in [2.75, 3.05) is 0 Å². The second kappa shape index (κ2) is 4.26. The zero-order valence-electron chi connectivity index (χ0n) is 10.1. The molecule has 2 atom stereocenters. The summed E-state index contributed by atoms with van der Waals surface area (Å²) in [7, 11) is 0. The Hall–Kier alpha value is -1.34. The lowest BCUT2D eigenvalue weighted by Crippen LogP contribution is -2.00. The smallest absolute Gasteiger partial charge is 0.104 e. The molecule has 0 spiro atoms. The summed E-state index contributed by atoms with van der Waals surface area (Å²) in [6.45, 7) is 6.28. The molecule has 1 aromatic rings. The summed E-state index contributed by atoms with van der Waals surface area (Å²) >= 11 is 0. The van der Waals surface area contributed by atoms with E-state index in [0.717, 1.165) is 11.1 Å².